The lowest BCUT2D eigenvalue weighted by Crippen LogP contribution is -2.02. The van der Waals surface area contributed by atoms with Crippen molar-refractivity contribution < 1.29 is 0 Å². The SMILES string of the molecule is CCCc1nc(N)nc2ccc(-c3ccnc(Br)c3Cl)nc12. The molecule has 22 heavy (non-hydrogen) atoms. The van der Waals surface area contributed by atoms with Gasteiger partial charge in [-0.15, -0.1) is 0 Å². The summed E-state index contributed by atoms with van der Waals surface area (Å²) in [5, 5.41) is 0.530. The Kier molecular flexibility index (Phi) is 4.22. The number of aryl methyl sites for hydroxylation is 1. The summed E-state index contributed by atoms with van der Waals surface area (Å²) in [5.41, 5.74) is 9.69. The minimum absolute atomic E-state index is 0.273. The third kappa shape index (κ3) is 2.76. The second-order valence-corrected chi connectivity index (χ2v) is 5.94. The molecule has 3 heterocycles. The standard InChI is InChI=1S/C15H13BrClN5/c1-2-3-10-13-11(22-15(18)21-10)5-4-9(20-13)8-6-7-19-14(16)12(8)17/h4-7H,2-3H2,1H3,(H2,18,21,22). The van der Waals surface area contributed by atoms with Crippen molar-refractivity contribution in [1.82, 2.24) is 19.9 Å². The van der Waals surface area contributed by atoms with Crippen LogP contribution >= 0.6 is 27.5 Å². The number of nitrogens with two attached hydrogens (primary N) is 1. The van der Waals surface area contributed by atoms with Crippen LogP contribution in [-0.4, -0.2) is 19.9 Å². The van der Waals surface area contributed by atoms with Crippen molar-refractivity contribution in [1.29, 1.82) is 0 Å². The van der Waals surface area contributed by atoms with Gasteiger partial charge in [-0.05, 0) is 40.5 Å². The zero-order valence-corrected chi connectivity index (χ0v) is 14.2. The average molecular weight is 379 g/mol. The Labute approximate surface area is 141 Å². The van der Waals surface area contributed by atoms with Crippen LogP contribution in [-0.2, 0) is 6.42 Å². The van der Waals surface area contributed by atoms with Crippen molar-refractivity contribution in [2.75, 3.05) is 5.73 Å². The smallest absolute Gasteiger partial charge is 0.220 e. The normalized spacial score (nSPS) is 11.0. The first kappa shape index (κ1) is 15.1. The van der Waals surface area contributed by atoms with Gasteiger partial charge in [-0.3, -0.25) is 0 Å². The van der Waals surface area contributed by atoms with Crippen LogP contribution in [0, 0.1) is 0 Å². The van der Waals surface area contributed by atoms with Gasteiger partial charge in [0.2, 0.25) is 5.95 Å². The first-order chi connectivity index (χ1) is 10.6. The van der Waals surface area contributed by atoms with E-state index in [9.17, 15) is 0 Å². The van der Waals surface area contributed by atoms with Crippen molar-refractivity contribution >= 4 is 44.5 Å². The monoisotopic (exact) mass is 377 g/mol. The van der Waals surface area contributed by atoms with E-state index in [0.29, 0.717) is 9.63 Å². The molecule has 0 unspecified atom stereocenters. The third-order valence-corrected chi connectivity index (χ3v) is 4.45. The van der Waals surface area contributed by atoms with E-state index in [-0.39, 0.29) is 5.95 Å². The molecule has 0 amide bonds. The summed E-state index contributed by atoms with van der Waals surface area (Å²) in [7, 11) is 0. The van der Waals surface area contributed by atoms with Crippen molar-refractivity contribution in [2.24, 2.45) is 0 Å². The fourth-order valence-corrected chi connectivity index (χ4v) is 2.81. The minimum Gasteiger partial charge on any atom is -0.368 e. The maximum atomic E-state index is 6.30. The summed E-state index contributed by atoms with van der Waals surface area (Å²) in [4.78, 5) is 17.4. The highest BCUT2D eigenvalue weighted by Gasteiger charge is 2.12. The maximum absolute atomic E-state index is 6.30. The molecule has 0 aromatic carbocycles. The lowest BCUT2D eigenvalue weighted by Gasteiger charge is -2.09. The van der Waals surface area contributed by atoms with Crippen molar-refractivity contribution in [3.63, 3.8) is 0 Å². The van der Waals surface area contributed by atoms with Gasteiger partial charge in [-0.25, -0.2) is 19.9 Å². The first-order valence-electron chi connectivity index (χ1n) is 6.83. The number of pyridine rings is 2. The number of hydrogen-bond donors (Lipinski definition) is 1. The molecule has 3 aromatic rings. The highest BCUT2D eigenvalue weighted by atomic mass is 79.9. The number of fused-ring (bicyclic) bond motifs is 1. The van der Waals surface area contributed by atoms with Gasteiger partial charge in [0.15, 0.2) is 0 Å². The van der Waals surface area contributed by atoms with E-state index in [1.54, 1.807) is 6.20 Å². The van der Waals surface area contributed by atoms with E-state index >= 15 is 0 Å². The molecular weight excluding hydrogens is 366 g/mol. The van der Waals surface area contributed by atoms with E-state index in [1.807, 2.05) is 18.2 Å². The maximum Gasteiger partial charge on any atom is 0.220 e. The van der Waals surface area contributed by atoms with Gasteiger partial charge in [0, 0.05) is 11.8 Å². The van der Waals surface area contributed by atoms with Crippen LogP contribution in [0.5, 0.6) is 0 Å². The zero-order chi connectivity index (χ0) is 15.7. The highest BCUT2D eigenvalue weighted by molar-refractivity contribution is 9.10. The average Bonchev–Trinajstić information content (AvgIpc) is 2.50. The predicted molar refractivity (Wildman–Crippen MR) is 91.7 cm³/mol. The summed E-state index contributed by atoms with van der Waals surface area (Å²) < 4.78 is 0.593. The highest BCUT2D eigenvalue weighted by Crippen LogP contribution is 2.32. The van der Waals surface area contributed by atoms with Crippen LogP contribution in [0.1, 0.15) is 19.0 Å². The molecule has 0 aliphatic heterocycles. The predicted octanol–water partition coefficient (Wildman–Crippen LogP) is 4.04. The zero-order valence-electron chi connectivity index (χ0n) is 11.8. The molecule has 0 fully saturated rings. The Hall–Kier alpha value is -1.79. The number of halogens is 2. The molecule has 2 N–H and O–H groups in total. The molecule has 3 rings (SSSR count). The minimum atomic E-state index is 0.273. The van der Waals surface area contributed by atoms with Gasteiger partial charge < -0.3 is 5.73 Å². The van der Waals surface area contributed by atoms with E-state index in [2.05, 4.69) is 37.8 Å². The molecule has 0 bridgehead atoms. The second kappa shape index (κ2) is 6.14. The molecule has 5 nitrogen and oxygen atoms in total. The molecule has 0 atom stereocenters. The quantitative estimate of drug-likeness (QED) is 0.696. The summed E-state index contributed by atoms with van der Waals surface area (Å²) in [6.45, 7) is 2.09. The Morgan fingerprint density at radius 3 is 2.77 bits per heavy atom. The Morgan fingerprint density at radius 2 is 2.00 bits per heavy atom. The van der Waals surface area contributed by atoms with Gasteiger partial charge in [-0.1, -0.05) is 24.9 Å². The van der Waals surface area contributed by atoms with Crippen LogP contribution in [0.2, 0.25) is 5.02 Å². The first-order valence-corrected chi connectivity index (χ1v) is 8.00. The van der Waals surface area contributed by atoms with E-state index in [1.165, 1.54) is 0 Å². The topological polar surface area (TPSA) is 77.6 Å². The molecule has 0 aliphatic carbocycles. The van der Waals surface area contributed by atoms with Gasteiger partial charge in [0.25, 0.3) is 0 Å². The number of aromatic nitrogens is 4. The summed E-state index contributed by atoms with van der Waals surface area (Å²) in [5.74, 6) is 0.273. The van der Waals surface area contributed by atoms with Gasteiger partial charge in [0.1, 0.15) is 10.1 Å². The molecular formula is C15H13BrClN5. The fraction of sp³-hybridized carbons (Fsp3) is 0.200. The van der Waals surface area contributed by atoms with Gasteiger partial charge in [0.05, 0.1) is 21.9 Å². The molecule has 3 aromatic heterocycles. The van der Waals surface area contributed by atoms with Crippen molar-refractivity contribution in [2.45, 2.75) is 19.8 Å². The molecule has 0 spiro atoms. The van der Waals surface area contributed by atoms with Crippen LogP contribution in [0.15, 0.2) is 29.0 Å². The van der Waals surface area contributed by atoms with E-state index in [0.717, 1.165) is 40.8 Å². The van der Waals surface area contributed by atoms with Crippen molar-refractivity contribution in [3.05, 3.63) is 39.7 Å². The number of nitrogen functional groups attached to an aromatic ring is 1. The molecule has 7 heteroatoms. The Bertz CT molecular complexity index is 853. The molecule has 0 radical (unpaired) electrons. The number of nitrogens with zero attached hydrogens (tertiary/aromatic N) is 4. The largest absolute Gasteiger partial charge is 0.368 e. The van der Waals surface area contributed by atoms with E-state index < -0.39 is 0 Å². The molecule has 0 saturated carbocycles. The fourth-order valence-electron chi connectivity index (χ4n) is 2.27. The third-order valence-electron chi connectivity index (χ3n) is 3.24. The van der Waals surface area contributed by atoms with Gasteiger partial charge in [-0.2, -0.15) is 0 Å². The van der Waals surface area contributed by atoms with Crippen LogP contribution < -0.4 is 5.73 Å². The van der Waals surface area contributed by atoms with Crippen molar-refractivity contribution in [3.8, 4) is 11.3 Å². The molecule has 112 valence electrons. The summed E-state index contributed by atoms with van der Waals surface area (Å²) >= 11 is 9.63. The molecule has 0 aliphatic rings. The van der Waals surface area contributed by atoms with Gasteiger partial charge >= 0.3 is 0 Å². The van der Waals surface area contributed by atoms with Crippen LogP contribution in [0.3, 0.4) is 0 Å². The summed E-state index contributed by atoms with van der Waals surface area (Å²) in [6, 6.07) is 5.59. The van der Waals surface area contributed by atoms with Crippen LogP contribution in [0.25, 0.3) is 22.3 Å². The van der Waals surface area contributed by atoms with Crippen LogP contribution in [0.4, 0.5) is 5.95 Å². The van der Waals surface area contributed by atoms with E-state index in [4.69, 9.17) is 22.3 Å². The lowest BCUT2D eigenvalue weighted by atomic mass is 10.1. The number of hydrogen-bond acceptors (Lipinski definition) is 5. The Balaban J connectivity index is 2.22. The number of rotatable bonds is 3. The number of anilines is 1. The summed E-state index contributed by atoms with van der Waals surface area (Å²) in [6.07, 6.45) is 3.44. The lowest BCUT2D eigenvalue weighted by molar-refractivity contribution is 0.885. The second-order valence-electron chi connectivity index (χ2n) is 4.81. The molecule has 0 saturated heterocycles. The Morgan fingerprint density at radius 1 is 1.18 bits per heavy atom.